The summed E-state index contributed by atoms with van der Waals surface area (Å²) in [7, 11) is 0. The molecule has 0 bridgehead atoms. The molecule has 0 unspecified atom stereocenters. The van der Waals surface area contributed by atoms with Gasteiger partial charge >= 0.3 is 0 Å². The summed E-state index contributed by atoms with van der Waals surface area (Å²) < 4.78 is 0. The number of fused-ring (bicyclic) bond motifs is 1. The van der Waals surface area contributed by atoms with Gasteiger partial charge in [0.2, 0.25) is 5.28 Å². The van der Waals surface area contributed by atoms with E-state index < -0.39 is 0 Å². The Morgan fingerprint density at radius 2 is 2.08 bits per heavy atom. The molecule has 0 radical (unpaired) electrons. The summed E-state index contributed by atoms with van der Waals surface area (Å²) >= 11 is 11.5. The van der Waals surface area contributed by atoms with Gasteiger partial charge in [0.15, 0.2) is 0 Å². The van der Waals surface area contributed by atoms with Gasteiger partial charge in [-0.3, -0.25) is 0 Å². The molecule has 1 aliphatic heterocycles. The van der Waals surface area contributed by atoms with Gasteiger partial charge in [-0.15, -0.1) is 0 Å². The Labute approximate surface area is 80.1 Å². The fourth-order valence-corrected chi connectivity index (χ4v) is 1.75. The van der Waals surface area contributed by atoms with Gasteiger partial charge in [0.1, 0.15) is 11.0 Å². The third-order valence-corrected chi connectivity index (χ3v) is 2.31. The van der Waals surface area contributed by atoms with Gasteiger partial charge in [-0.2, -0.15) is 0 Å². The van der Waals surface area contributed by atoms with Crippen LogP contribution in [0, 0.1) is 0 Å². The molecule has 0 spiro atoms. The van der Waals surface area contributed by atoms with Gasteiger partial charge in [0.25, 0.3) is 0 Å². The van der Waals surface area contributed by atoms with Crippen LogP contribution in [0.5, 0.6) is 0 Å². The van der Waals surface area contributed by atoms with E-state index in [2.05, 4.69) is 15.3 Å². The molecular formula is C7H7Cl2N3. The molecule has 64 valence electrons. The summed E-state index contributed by atoms with van der Waals surface area (Å²) in [5.41, 5.74) is 0.979. The van der Waals surface area contributed by atoms with Crippen LogP contribution >= 0.6 is 23.2 Å². The maximum Gasteiger partial charge on any atom is 0.225 e. The number of halogens is 2. The summed E-state index contributed by atoms with van der Waals surface area (Å²) in [5.74, 6) is 0.784. The highest BCUT2D eigenvalue weighted by atomic mass is 35.5. The molecule has 3 nitrogen and oxygen atoms in total. The van der Waals surface area contributed by atoms with Crippen molar-refractivity contribution < 1.29 is 0 Å². The van der Waals surface area contributed by atoms with Crippen LogP contribution in [0.3, 0.4) is 0 Å². The Morgan fingerprint density at radius 3 is 2.92 bits per heavy atom. The molecule has 1 aliphatic rings. The number of nitrogens with zero attached hydrogens (tertiary/aromatic N) is 2. The normalized spacial score (nSPS) is 15.2. The molecule has 0 aliphatic carbocycles. The zero-order valence-corrected chi connectivity index (χ0v) is 7.78. The van der Waals surface area contributed by atoms with E-state index in [-0.39, 0.29) is 5.28 Å². The monoisotopic (exact) mass is 203 g/mol. The molecule has 12 heavy (non-hydrogen) atoms. The molecule has 0 saturated carbocycles. The van der Waals surface area contributed by atoms with Crippen LogP contribution < -0.4 is 5.32 Å². The minimum Gasteiger partial charge on any atom is -0.370 e. The van der Waals surface area contributed by atoms with E-state index in [1.807, 2.05) is 0 Å². The average molecular weight is 204 g/mol. The first-order valence-corrected chi connectivity index (χ1v) is 4.49. The van der Waals surface area contributed by atoms with Crippen molar-refractivity contribution in [1.29, 1.82) is 0 Å². The molecule has 0 fully saturated rings. The molecule has 5 heteroatoms. The van der Waals surface area contributed by atoms with Crippen LogP contribution in [0.1, 0.15) is 12.0 Å². The predicted octanol–water partition coefficient (Wildman–Crippen LogP) is 2.14. The van der Waals surface area contributed by atoms with Crippen molar-refractivity contribution in [3.05, 3.63) is 16.0 Å². The third-order valence-electron chi connectivity index (χ3n) is 1.83. The standard InChI is InChI=1S/C7H7Cl2N3/c8-5-4-2-1-3-10-6(4)12-7(9)11-5/h1-3H2,(H,10,11,12). The number of rotatable bonds is 0. The van der Waals surface area contributed by atoms with Gasteiger partial charge in [0, 0.05) is 12.1 Å². The second-order valence-electron chi connectivity index (χ2n) is 2.64. The molecule has 2 rings (SSSR count). The number of hydrogen-bond acceptors (Lipinski definition) is 3. The molecule has 1 aromatic heterocycles. The van der Waals surface area contributed by atoms with Gasteiger partial charge in [-0.05, 0) is 24.4 Å². The second-order valence-corrected chi connectivity index (χ2v) is 3.34. The lowest BCUT2D eigenvalue weighted by Crippen LogP contribution is -2.14. The van der Waals surface area contributed by atoms with E-state index in [0.717, 1.165) is 30.8 Å². The number of anilines is 1. The zero-order valence-electron chi connectivity index (χ0n) is 6.27. The van der Waals surface area contributed by atoms with Crippen molar-refractivity contribution >= 4 is 29.0 Å². The van der Waals surface area contributed by atoms with E-state index >= 15 is 0 Å². The van der Waals surface area contributed by atoms with Crippen LogP contribution in [0.2, 0.25) is 10.4 Å². The van der Waals surface area contributed by atoms with Crippen LogP contribution in [0.4, 0.5) is 5.82 Å². The summed E-state index contributed by atoms with van der Waals surface area (Å²) in [4.78, 5) is 7.90. The second kappa shape index (κ2) is 3.07. The Morgan fingerprint density at radius 1 is 1.25 bits per heavy atom. The summed E-state index contributed by atoms with van der Waals surface area (Å²) in [6.07, 6.45) is 2.00. The lowest BCUT2D eigenvalue weighted by molar-refractivity contribution is 0.809. The highest BCUT2D eigenvalue weighted by molar-refractivity contribution is 6.32. The average Bonchev–Trinajstić information content (AvgIpc) is 2.04. The zero-order chi connectivity index (χ0) is 8.55. The van der Waals surface area contributed by atoms with Crippen molar-refractivity contribution in [2.24, 2.45) is 0 Å². The quantitative estimate of drug-likeness (QED) is 0.519. The predicted molar refractivity (Wildman–Crippen MR) is 48.9 cm³/mol. The molecular weight excluding hydrogens is 197 g/mol. The van der Waals surface area contributed by atoms with Crippen molar-refractivity contribution in [3.63, 3.8) is 0 Å². The van der Waals surface area contributed by atoms with Crippen molar-refractivity contribution in [3.8, 4) is 0 Å². The summed E-state index contributed by atoms with van der Waals surface area (Å²) in [6, 6.07) is 0. The van der Waals surface area contributed by atoms with Gasteiger partial charge in [0.05, 0.1) is 0 Å². The first kappa shape index (κ1) is 8.08. The molecule has 0 atom stereocenters. The molecule has 1 N–H and O–H groups in total. The fourth-order valence-electron chi connectivity index (χ4n) is 1.27. The van der Waals surface area contributed by atoms with Crippen LogP contribution in [0.15, 0.2) is 0 Å². The Bertz CT molecular complexity index is 314. The Balaban J connectivity index is 2.53. The van der Waals surface area contributed by atoms with Crippen molar-refractivity contribution in [2.45, 2.75) is 12.8 Å². The Hall–Kier alpha value is -0.540. The van der Waals surface area contributed by atoms with Gasteiger partial charge in [-0.1, -0.05) is 11.6 Å². The van der Waals surface area contributed by atoms with Crippen LogP contribution in [-0.4, -0.2) is 16.5 Å². The van der Waals surface area contributed by atoms with E-state index in [9.17, 15) is 0 Å². The smallest absolute Gasteiger partial charge is 0.225 e. The molecule has 0 amide bonds. The number of hydrogen-bond donors (Lipinski definition) is 1. The Kier molecular flexibility index (Phi) is 2.07. The van der Waals surface area contributed by atoms with Gasteiger partial charge < -0.3 is 5.32 Å². The number of aromatic nitrogens is 2. The highest BCUT2D eigenvalue weighted by Gasteiger charge is 2.15. The van der Waals surface area contributed by atoms with Crippen molar-refractivity contribution in [2.75, 3.05) is 11.9 Å². The number of nitrogens with one attached hydrogen (secondary N) is 1. The third kappa shape index (κ3) is 1.34. The van der Waals surface area contributed by atoms with E-state index in [1.165, 1.54) is 0 Å². The lowest BCUT2D eigenvalue weighted by atomic mass is 10.1. The topological polar surface area (TPSA) is 37.8 Å². The van der Waals surface area contributed by atoms with E-state index in [0.29, 0.717) is 5.15 Å². The molecule has 1 aromatic rings. The maximum absolute atomic E-state index is 5.87. The van der Waals surface area contributed by atoms with Crippen LogP contribution in [0.25, 0.3) is 0 Å². The van der Waals surface area contributed by atoms with E-state index in [4.69, 9.17) is 23.2 Å². The first-order chi connectivity index (χ1) is 5.77. The largest absolute Gasteiger partial charge is 0.370 e. The minimum absolute atomic E-state index is 0.202. The highest BCUT2D eigenvalue weighted by Crippen LogP contribution is 2.26. The maximum atomic E-state index is 5.87. The lowest BCUT2D eigenvalue weighted by Gasteiger charge is -2.16. The summed E-state index contributed by atoms with van der Waals surface area (Å²) in [6.45, 7) is 0.927. The van der Waals surface area contributed by atoms with E-state index in [1.54, 1.807) is 0 Å². The van der Waals surface area contributed by atoms with Crippen LogP contribution in [-0.2, 0) is 6.42 Å². The van der Waals surface area contributed by atoms with Crippen molar-refractivity contribution in [1.82, 2.24) is 9.97 Å². The fraction of sp³-hybridized carbons (Fsp3) is 0.429. The molecule has 0 saturated heterocycles. The molecule has 2 heterocycles. The minimum atomic E-state index is 0.202. The first-order valence-electron chi connectivity index (χ1n) is 3.73. The molecule has 0 aromatic carbocycles. The SMILES string of the molecule is Clc1nc(Cl)c2c(n1)NCCC2. The van der Waals surface area contributed by atoms with Gasteiger partial charge in [-0.25, -0.2) is 9.97 Å². The summed E-state index contributed by atoms with van der Waals surface area (Å²) in [5, 5.41) is 3.80.